The molecule has 1 aliphatic rings. The van der Waals surface area contributed by atoms with E-state index in [2.05, 4.69) is 148 Å². The summed E-state index contributed by atoms with van der Waals surface area (Å²) in [5, 5.41) is 15.5. The SMILES string of the molecule is N=Cc1nc(-c2ccc(-n3c4c(c5ccccc53)CCC=C4)cc2)c(-c2ccc(-n3c4ccccc4c4ccccc43)cc2)nc1Nc1ccccc1. The summed E-state index contributed by atoms with van der Waals surface area (Å²) < 4.78 is 4.68. The van der Waals surface area contributed by atoms with Crippen molar-refractivity contribution in [1.29, 1.82) is 5.41 Å². The Bertz CT molecular complexity index is 2810. The second kappa shape index (κ2) is 12.6. The predicted molar refractivity (Wildman–Crippen MR) is 219 cm³/mol. The third-order valence-corrected chi connectivity index (χ3v) is 10.3. The first-order valence-electron chi connectivity index (χ1n) is 18.0. The van der Waals surface area contributed by atoms with Gasteiger partial charge in [-0.1, -0.05) is 103 Å². The lowest BCUT2D eigenvalue weighted by atomic mass is 10.0. The molecule has 0 bridgehead atoms. The van der Waals surface area contributed by atoms with Crippen LogP contribution < -0.4 is 5.32 Å². The average molecular weight is 683 g/mol. The van der Waals surface area contributed by atoms with Crippen molar-refractivity contribution in [2.45, 2.75) is 12.8 Å². The minimum absolute atomic E-state index is 0.467. The molecule has 1 aliphatic carbocycles. The van der Waals surface area contributed by atoms with Crippen LogP contribution in [0, 0.1) is 5.41 Å². The molecule has 3 heterocycles. The number of rotatable bonds is 7. The molecule has 252 valence electrons. The van der Waals surface area contributed by atoms with Gasteiger partial charge in [-0.3, -0.25) is 0 Å². The van der Waals surface area contributed by atoms with Crippen LogP contribution in [-0.2, 0) is 6.42 Å². The first-order valence-corrected chi connectivity index (χ1v) is 18.0. The molecule has 2 N–H and O–H groups in total. The van der Waals surface area contributed by atoms with Gasteiger partial charge in [0, 0.05) is 56.3 Å². The Balaban J connectivity index is 1.11. The Morgan fingerprint density at radius 3 is 1.70 bits per heavy atom. The Hall–Kier alpha value is -7.05. The number of aryl methyl sites for hydroxylation is 1. The van der Waals surface area contributed by atoms with E-state index in [1.165, 1.54) is 50.2 Å². The van der Waals surface area contributed by atoms with Crippen molar-refractivity contribution < 1.29 is 0 Å². The highest BCUT2D eigenvalue weighted by atomic mass is 15.0. The lowest BCUT2D eigenvalue weighted by Crippen LogP contribution is -2.06. The summed E-state index contributed by atoms with van der Waals surface area (Å²) in [6.45, 7) is 0. The van der Waals surface area contributed by atoms with Gasteiger partial charge >= 0.3 is 0 Å². The molecule has 0 spiro atoms. The summed E-state index contributed by atoms with van der Waals surface area (Å²) in [4.78, 5) is 10.3. The number of hydrogen-bond acceptors (Lipinski definition) is 4. The quantitative estimate of drug-likeness (QED) is 0.164. The molecule has 6 heteroatoms. The number of fused-ring (bicyclic) bond motifs is 6. The van der Waals surface area contributed by atoms with Crippen molar-refractivity contribution in [2.24, 2.45) is 0 Å². The number of para-hydroxylation sites is 4. The maximum Gasteiger partial charge on any atom is 0.158 e. The number of benzene rings is 6. The van der Waals surface area contributed by atoms with Gasteiger partial charge < -0.3 is 19.9 Å². The van der Waals surface area contributed by atoms with Crippen molar-refractivity contribution >= 4 is 56.5 Å². The topological polar surface area (TPSA) is 71.5 Å². The molecular weight excluding hydrogens is 649 g/mol. The molecule has 10 rings (SSSR count). The zero-order valence-corrected chi connectivity index (χ0v) is 28.9. The van der Waals surface area contributed by atoms with Crippen LogP contribution in [0.2, 0.25) is 0 Å². The average Bonchev–Trinajstić information content (AvgIpc) is 3.74. The van der Waals surface area contributed by atoms with Gasteiger partial charge in [0.15, 0.2) is 5.82 Å². The highest BCUT2D eigenvalue weighted by Crippen LogP contribution is 2.37. The number of nitrogens with zero attached hydrogens (tertiary/aromatic N) is 4. The maximum atomic E-state index is 8.34. The van der Waals surface area contributed by atoms with Crippen LogP contribution in [0.1, 0.15) is 23.4 Å². The molecule has 0 atom stereocenters. The van der Waals surface area contributed by atoms with Gasteiger partial charge in [-0.25, -0.2) is 9.97 Å². The summed E-state index contributed by atoms with van der Waals surface area (Å²) in [7, 11) is 0. The summed E-state index contributed by atoms with van der Waals surface area (Å²) in [6, 6.07) is 52.8. The monoisotopic (exact) mass is 682 g/mol. The van der Waals surface area contributed by atoms with E-state index in [0.29, 0.717) is 11.5 Å². The van der Waals surface area contributed by atoms with E-state index in [4.69, 9.17) is 15.4 Å². The van der Waals surface area contributed by atoms with E-state index in [0.717, 1.165) is 52.4 Å². The fraction of sp³-hybridized carbons (Fsp3) is 0.0426. The molecule has 53 heavy (non-hydrogen) atoms. The summed E-state index contributed by atoms with van der Waals surface area (Å²) >= 11 is 0. The fourth-order valence-corrected chi connectivity index (χ4v) is 7.90. The molecule has 0 saturated heterocycles. The lowest BCUT2D eigenvalue weighted by molar-refractivity contribution is 0.967. The molecule has 0 unspecified atom stereocenters. The van der Waals surface area contributed by atoms with Crippen LogP contribution in [0.15, 0.2) is 158 Å². The largest absolute Gasteiger partial charge is 0.338 e. The van der Waals surface area contributed by atoms with E-state index in [1.807, 2.05) is 30.3 Å². The van der Waals surface area contributed by atoms with Crippen molar-refractivity contribution in [3.63, 3.8) is 0 Å². The molecule has 9 aromatic rings. The summed E-state index contributed by atoms with van der Waals surface area (Å²) in [5.41, 5.74) is 13.0. The predicted octanol–water partition coefficient (Wildman–Crippen LogP) is 11.6. The smallest absolute Gasteiger partial charge is 0.158 e. The third kappa shape index (κ3) is 5.15. The Kier molecular flexibility index (Phi) is 7.32. The fourth-order valence-electron chi connectivity index (χ4n) is 7.90. The second-order valence-electron chi connectivity index (χ2n) is 13.4. The molecule has 0 radical (unpaired) electrons. The zero-order valence-electron chi connectivity index (χ0n) is 28.9. The van der Waals surface area contributed by atoms with Crippen LogP contribution in [0.5, 0.6) is 0 Å². The highest BCUT2D eigenvalue weighted by Gasteiger charge is 2.20. The van der Waals surface area contributed by atoms with Gasteiger partial charge in [-0.15, -0.1) is 0 Å². The number of allylic oxidation sites excluding steroid dienone is 1. The van der Waals surface area contributed by atoms with Gasteiger partial charge in [-0.05, 0) is 79.1 Å². The number of aromatic nitrogens is 4. The first-order chi connectivity index (χ1) is 26.2. The Morgan fingerprint density at radius 1 is 0.547 bits per heavy atom. The summed E-state index contributed by atoms with van der Waals surface area (Å²) in [5.74, 6) is 0.533. The van der Waals surface area contributed by atoms with Crippen LogP contribution in [0.4, 0.5) is 11.5 Å². The molecule has 0 saturated carbocycles. The molecule has 0 fully saturated rings. The van der Waals surface area contributed by atoms with Gasteiger partial charge in [0.1, 0.15) is 5.69 Å². The van der Waals surface area contributed by atoms with E-state index >= 15 is 0 Å². The minimum atomic E-state index is 0.467. The van der Waals surface area contributed by atoms with E-state index < -0.39 is 0 Å². The normalized spacial score (nSPS) is 12.4. The van der Waals surface area contributed by atoms with Gasteiger partial charge in [0.2, 0.25) is 0 Å². The minimum Gasteiger partial charge on any atom is -0.338 e. The molecule has 3 aromatic heterocycles. The van der Waals surface area contributed by atoms with Crippen LogP contribution in [0.25, 0.3) is 72.7 Å². The molecule has 6 aromatic carbocycles. The van der Waals surface area contributed by atoms with E-state index in [-0.39, 0.29) is 0 Å². The van der Waals surface area contributed by atoms with E-state index in [9.17, 15) is 0 Å². The molecule has 6 nitrogen and oxygen atoms in total. The highest BCUT2D eigenvalue weighted by molar-refractivity contribution is 6.09. The van der Waals surface area contributed by atoms with Crippen molar-refractivity contribution in [3.8, 4) is 33.9 Å². The Morgan fingerprint density at radius 2 is 1.08 bits per heavy atom. The Labute approximate surface area is 306 Å². The van der Waals surface area contributed by atoms with Gasteiger partial charge in [-0.2, -0.15) is 0 Å². The molecule has 0 amide bonds. The standard InChI is InChI=1S/C47H34N6/c48-30-40-47(49-33-12-2-1-3-13-33)51-46(32-24-28-35(29-25-32)53-43-20-10-6-16-38(43)39-17-7-11-21-44(39)53)45(50-40)31-22-26-34(27-23-31)52-41-18-8-4-14-36(41)37-15-5-9-19-42(37)52/h1-4,6-14,16-30,48H,5,15H2,(H,49,51). The lowest BCUT2D eigenvalue weighted by Gasteiger charge is -2.16. The number of nitrogens with one attached hydrogen (secondary N) is 2. The first kappa shape index (κ1) is 30.7. The van der Waals surface area contributed by atoms with Gasteiger partial charge in [0.25, 0.3) is 0 Å². The van der Waals surface area contributed by atoms with E-state index in [1.54, 1.807) is 0 Å². The molecule has 0 aliphatic heterocycles. The second-order valence-corrected chi connectivity index (χ2v) is 13.4. The molecular formula is C47H34N6. The maximum absolute atomic E-state index is 8.34. The van der Waals surface area contributed by atoms with Gasteiger partial charge in [0.05, 0.1) is 27.9 Å². The number of hydrogen-bond donors (Lipinski definition) is 2. The van der Waals surface area contributed by atoms with Crippen molar-refractivity contribution in [2.75, 3.05) is 5.32 Å². The van der Waals surface area contributed by atoms with Crippen molar-refractivity contribution in [1.82, 2.24) is 19.1 Å². The van der Waals surface area contributed by atoms with Crippen LogP contribution >= 0.6 is 0 Å². The van der Waals surface area contributed by atoms with Crippen molar-refractivity contribution in [3.05, 3.63) is 175 Å². The zero-order chi connectivity index (χ0) is 35.3. The van der Waals surface area contributed by atoms with Crippen LogP contribution in [0.3, 0.4) is 0 Å². The third-order valence-electron chi connectivity index (χ3n) is 10.3. The summed E-state index contributed by atoms with van der Waals surface area (Å²) in [6.07, 6.45) is 7.90. The number of anilines is 2. The van der Waals surface area contributed by atoms with Crippen LogP contribution in [-0.4, -0.2) is 25.3 Å².